The molecule has 0 heterocycles. The lowest BCUT2D eigenvalue weighted by Gasteiger charge is -2.14. The van der Waals surface area contributed by atoms with E-state index in [1.54, 1.807) is 36.4 Å². The molecule has 174 valence electrons. The van der Waals surface area contributed by atoms with Crippen molar-refractivity contribution in [3.63, 3.8) is 0 Å². The van der Waals surface area contributed by atoms with Crippen LogP contribution in [0.15, 0.2) is 48.7 Å². The maximum Gasteiger partial charge on any atom is 0.293 e. The van der Waals surface area contributed by atoms with Gasteiger partial charge in [-0.1, -0.05) is 12.1 Å². The van der Waals surface area contributed by atoms with Crippen LogP contribution in [-0.4, -0.2) is 43.8 Å². The van der Waals surface area contributed by atoms with Crippen LogP contribution in [0.4, 0.5) is 5.69 Å². The largest absolute Gasteiger partial charge is 0.493 e. The highest BCUT2D eigenvalue weighted by molar-refractivity contribution is 6.08. The Hall–Kier alpha value is -4.34. The Morgan fingerprint density at radius 2 is 1.76 bits per heavy atom. The molecule has 0 aliphatic heterocycles. The van der Waals surface area contributed by atoms with Crippen molar-refractivity contribution in [2.24, 2.45) is 5.73 Å². The summed E-state index contributed by atoms with van der Waals surface area (Å²) in [4.78, 5) is 11.8. The molecule has 0 aliphatic carbocycles. The molecule has 2 rings (SSSR count). The van der Waals surface area contributed by atoms with E-state index in [-0.39, 0.29) is 30.5 Å². The van der Waals surface area contributed by atoms with Gasteiger partial charge in [-0.25, -0.2) is 0 Å². The van der Waals surface area contributed by atoms with Gasteiger partial charge in [-0.3, -0.25) is 15.6 Å². The van der Waals surface area contributed by atoms with E-state index >= 15 is 0 Å². The molecular weight excluding hydrogens is 424 g/mol. The number of hydrogen-bond acceptors (Lipinski definition) is 8. The van der Waals surface area contributed by atoms with E-state index < -0.39 is 0 Å². The zero-order valence-electron chi connectivity index (χ0n) is 18.7. The van der Waals surface area contributed by atoms with Gasteiger partial charge in [0.25, 0.3) is 11.9 Å². The van der Waals surface area contributed by atoms with Crippen molar-refractivity contribution in [3.8, 4) is 11.5 Å². The lowest BCUT2D eigenvalue weighted by molar-refractivity contribution is -0.123. The summed E-state index contributed by atoms with van der Waals surface area (Å²) in [6.07, 6.45) is 2.49. The number of allylic oxidation sites excluding steroid dienone is 1. The molecule has 0 radical (unpaired) electrons. The molecule has 0 spiro atoms. The predicted molar refractivity (Wildman–Crippen MR) is 128 cm³/mol. The number of methoxy groups -OCH3 is 1. The number of nitrogens with one attached hydrogen (secondary N) is 5. The minimum Gasteiger partial charge on any atom is -0.493 e. The third-order valence-corrected chi connectivity index (χ3v) is 4.25. The fourth-order valence-corrected chi connectivity index (χ4v) is 2.73. The number of amides is 1. The number of carbonyl (C=O) groups is 1. The molecule has 7 N–H and O–H groups in total. The second-order valence-corrected chi connectivity index (χ2v) is 7.11. The first-order valence-corrected chi connectivity index (χ1v) is 10.0. The number of benzene rings is 2. The molecule has 2 aromatic carbocycles. The van der Waals surface area contributed by atoms with Gasteiger partial charge in [-0.15, -0.1) is 0 Å². The summed E-state index contributed by atoms with van der Waals surface area (Å²) in [5.41, 5.74) is 7.73. The molecule has 1 amide bonds. The highest BCUT2D eigenvalue weighted by Crippen LogP contribution is 2.28. The maximum atomic E-state index is 11.8. The first kappa shape index (κ1) is 24.9. The minimum absolute atomic E-state index is 0.00634. The Balaban J connectivity index is 1.99. The summed E-state index contributed by atoms with van der Waals surface area (Å²) in [5, 5.41) is 28.9. The van der Waals surface area contributed by atoms with Crippen LogP contribution in [0, 0.1) is 16.2 Å². The summed E-state index contributed by atoms with van der Waals surface area (Å²) >= 11 is 0. The molecule has 0 unspecified atom stereocenters. The number of ether oxygens (including phenoxy) is 3. The standard InChI is InChI=1S/C23H28N6O4/c1-14(2)28-21(30)13-32-19-9-6-16(10-20(19)31-3)22(26)33-23(27)29-18-7-4-15(5-8-18)17(11-24)12-25/h4-12,14,24,26H,13,25H2,1-3H3,(H2,27,29)(H,28,30)/b17-12+,24-11?,26-22?. The quantitative estimate of drug-likeness (QED) is 0.253. The van der Waals surface area contributed by atoms with Gasteiger partial charge in [0.2, 0.25) is 5.90 Å². The number of hydrogen-bond donors (Lipinski definition) is 6. The zero-order valence-corrected chi connectivity index (χ0v) is 18.7. The average molecular weight is 453 g/mol. The van der Waals surface area contributed by atoms with E-state index in [4.69, 9.17) is 36.2 Å². The summed E-state index contributed by atoms with van der Waals surface area (Å²) in [5.74, 6) is 0.136. The van der Waals surface area contributed by atoms with Crippen LogP contribution in [0.2, 0.25) is 0 Å². The lowest BCUT2D eigenvalue weighted by atomic mass is 10.1. The Bertz CT molecular complexity index is 1050. The van der Waals surface area contributed by atoms with E-state index in [9.17, 15) is 4.79 Å². The summed E-state index contributed by atoms with van der Waals surface area (Å²) < 4.78 is 16.1. The number of carbonyl (C=O) groups excluding carboxylic acids is 1. The van der Waals surface area contributed by atoms with E-state index in [0.29, 0.717) is 28.3 Å². The van der Waals surface area contributed by atoms with Crippen LogP contribution in [0.5, 0.6) is 11.5 Å². The van der Waals surface area contributed by atoms with Crippen LogP contribution in [0.25, 0.3) is 5.57 Å². The van der Waals surface area contributed by atoms with E-state index in [1.165, 1.54) is 19.4 Å². The topological polar surface area (TPSA) is 166 Å². The zero-order chi connectivity index (χ0) is 24.4. The Morgan fingerprint density at radius 3 is 2.33 bits per heavy atom. The van der Waals surface area contributed by atoms with Gasteiger partial charge in [0.15, 0.2) is 18.1 Å². The molecule has 0 saturated heterocycles. The molecular formula is C23H28N6O4. The number of nitrogens with two attached hydrogens (primary N) is 1. The van der Waals surface area contributed by atoms with Gasteiger partial charge >= 0.3 is 0 Å². The third-order valence-electron chi connectivity index (χ3n) is 4.25. The molecule has 0 aliphatic rings. The van der Waals surface area contributed by atoms with Crippen LogP contribution in [-0.2, 0) is 9.53 Å². The van der Waals surface area contributed by atoms with Gasteiger partial charge in [-0.2, -0.15) is 0 Å². The highest BCUT2D eigenvalue weighted by atomic mass is 16.5. The van der Waals surface area contributed by atoms with Crippen LogP contribution < -0.4 is 25.8 Å². The van der Waals surface area contributed by atoms with Gasteiger partial charge in [0.1, 0.15) is 0 Å². The first-order chi connectivity index (χ1) is 15.8. The summed E-state index contributed by atoms with van der Waals surface area (Å²) in [6.45, 7) is 3.54. The Morgan fingerprint density at radius 1 is 1.09 bits per heavy atom. The van der Waals surface area contributed by atoms with Gasteiger partial charge in [0.05, 0.1) is 7.11 Å². The maximum absolute atomic E-state index is 11.8. The van der Waals surface area contributed by atoms with Crippen molar-refractivity contribution in [1.82, 2.24) is 5.32 Å². The van der Waals surface area contributed by atoms with Crippen LogP contribution in [0.1, 0.15) is 25.0 Å². The monoisotopic (exact) mass is 452 g/mol. The van der Waals surface area contributed by atoms with Gasteiger partial charge in [0, 0.05) is 35.3 Å². The molecule has 0 bridgehead atoms. The van der Waals surface area contributed by atoms with Crippen molar-refractivity contribution >= 4 is 35.3 Å². The van der Waals surface area contributed by atoms with Crippen molar-refractivity contribution in [1.29, 1.82) is 16.2 Å². The van der Waals surface area contributed by atoms with Crippen molar-refractivity contribution in [3.05, 3.63) is 59.8 Å². The van der Waals surface area contributed by atoms with E-state index in [0.717, 1.165) is 11.8 Å². The van der Waals surface area contributed by atoms with Crippen molar-refractivity contribution in [2.45, 2.75) is 19.9 Å². The Labute approximate surface area is 192 Å². The normalized spacial score (nSPS) is 10.8. The second kappa shape index (κ2) is 11.9. The molecule has 10 nitrogen and oxygen atoms in total. The number of rotatable bonds is 9. The fraction of sp³-hybridized carbons (Fsp3) is 0.217. The average Bonchev–Trinajstić information content (AvgIpc) is 2.78. The summed E-state index contributed by atoms with van der Waals surface area (Å²) in [7, 11) is 1.45. The van der Waals surface area contributed by atoms with Gasteiger partial charge < -0.3 is 36.0 Å². The SMILES string of the molecule is COc1cc(C(=N)OC(=N)Nc2ccc(/C(C=N)=C/N)cc2)ccc1OCC(=O)NC(C)C. The van der Waals surface area contributed by atoms with Crippen molar-refractivity contribution in [2.75, 3.05) is 19.0 Å². The van der Waals surface area contributed by atoms with Crippen molar-refractivity contribution < 1.29 is 19.0 Å². The van der Waals surface area contributed by atoms with E-state index in [2.05, 4.69) is 10.6 Å². The highest BCUT2D eigenvalue weighted by Gasteiger charge is 2.13. The minimum atomic E-state index is -0.348. The lowest BCUT2D eigenvalue weighted by Crippen LogP contribution is -2.34. The smallest absolute Gasteiger partial charge is 0.293 e. The molecule has 0 atom stereocenters. The fourth-order valence-electron chi connectivity index (χ4n) is 2.73. The van der Waals surface area contributed by atoms with Gasteiger partial charge in [-0.05, 0) is 49.7 Å². The third kappa shape index (κ3) is 7.39. The number of amidine groups is 1. The Kier molecular flexibility index (Phi) is 8.98. The molecule has 33 heavy (non-hydrogen) atoms. The second-order valence-electron chi connectivity index (χ2n) is 7.11. The molecule has 10 heteroatoms. The predicted octanol–water partition coefficient (Wildman–Crippen LogP) is 2.94. The van der Waals surface area contributed by atoms with E-state index in [1.807, 2.05) is 13.8 Å². The molecule has 2 aromatic rings. The molecule has 0 aromatic heterocycles. The summed E-state index contributed by atoms with van der Waals surface area (Å²) in [6, 6.07) is 11.2. The molecule has 0 fully saturated rings. The number of anilines is 1. The molecule has 0 saturated carbocycles. The van der Waals surface area contributed by atoms with Crippen LogP contribution >= 0.6 is 0 Å². The first-order valence-electron chi connectivity index (χ1n) is 10.0. The van der Waals surface area contributed by atoms with Crippen LogP contribution in [0.3, 0.4) is 0 Å².